The molecule has 0 aromatic heterocycles. The number of hydrogen-bond donors (Lipinski definition) is 1. The van der Waals surface area contributed by atoms with Crippen LogP contribution in [0.1, 0.15) is 37.5 Å². The first-order chi connectivity index (χ1) is 16.4. The van der Waals surface area contributed by atoms with Crippen LogP contribution in [-0.2, 0) is 41.7 Å². The normalized spacial score (nSPS) is 16.4. The molecular weight excluding hydrogens is 438 g/mol. The molecular formula is C26H35NO7. The standard InChI is InChI=1S/C26H35NO7/c1-20(15-29-13-14-30-16-21-7-5-4-6-8-21)32-19-24(28)18-31-17-22-9-11-23(12-10-22)25-27-34-26(2,3)33-25/h4-12,20,24,28H,13-19H2,1-3H3. The van der Waals surface area contributed by atoms with Crippen molar-refractivity contribution in [3.63, 3.8) is 0 Å². The summed E-state index contributed by atoms with van der Waals surface area (Å²) in [6.45, 7) is 8.28. The Morgan fingerprint density at radius 3 is 2.24 bits per heavy atom. The number of aliphatic hydroxyl groups is 1. The molecule has 0 bridgehead atoms. The van der Waals surface area contributed by atoms with Gasteiger partial charge in [-0.3, -0.25) is 0 Å². The zero-order valence-electron chi connectivity index (χ0n) is 20.1. The number of nitrogens with zero attached hydrogens (tertiary/aromatic N) is 1. The highest BCUT2D eigenvalue weighted by molar-refractivity contribution is 5.94. The summed E-state index contributed by atoms with van der Waals surface area (Å²) in [6.07, 6.45) is -0.845. The summed E-state index contributed by atoms with van der Waals surface area (Å²) in [4.78, 5) is 5.21. The van der Waals surface area contributed by atoms with Crippen LogP contribution in [0.25, 0.3) is 0 Å². The average molecular weight is 474 g/mol. The fourth-order valence-corrected chi connectivity index (χ4v) is 3.09. The van der Waals surface area contributed by atoms with Gasteiger partial charge >= 0.3 is 0 Å². The van der Waals surface area contributed by atoms with Gasteiger partial charge in [-0.2, -0.15) is 0 Å². The van der Waals surface area contributed by atoms with E-state index < -0.39 is 11.9 Å². The molecule has 3 rings (SSSR count). The molecule has 2 aromatic carbocycles. The van der Waals surface area contributed by atoms with E-state index in [0.717, 1.165) is 16.7 Å². The van der Waals surface area contributed by atoms with Crippen LogP contribution in [0.3, 0.4) is 0 Å². The maximum absolute atomic E-state index is 10.1. The Labute approximate surface area is 201 Å². The van der Waals surface area contributed by atoms with Crippen molar-refractivity contribution in [1.29, 1.82) is 0 Å². The van der Waals surface area contributed by atoms with Gasteiger partial charge in [0.05, 0.1) is 52.4 Å². The highest BCUT2D eigenvalue weighted by Crippen LogP contribution is 2.22. The van der Waals surface area contributed by atoms with Gasteiger partial charge in [0, 0.05) is 19.4 Å². The van der Waals surface area contributed by atoms with Crippen LogP contribution < -0.4 is 0 Å². The Hall–Kier alpha value is -2.49. The Bertz CT molecular complexity index is 870. The predicted molar refractivity (Wildman–Crippen MR) is 127 cm³/mol. The summed E-state index contributed by atoms with van der Waals surface area (Å²) >= 11 is 0. The highest BCUT2D eigenvalue weighted by Gasteiger charge is 2.30. The average Bonchev–Trinajstić information content (AvgIpc) is 3.20. The summed E-state index contributed by atoms with van der Waals surface area (Å²) in [5, 5.41) is 14.1. The molecule has 2 atom stereocenters. The van der Waals surface area contributed by atoms with Crippen molar-refractivity contribution < 1.29 is 33.6 Å². The van der Waals surface area contributed by atoms with Crippen molar-refractivity contribution >= 4 is 5.90 Å². The van der Waals surface area contributed by atoms with Crippen LogP contribution in [0.5, 0.6) is 0 Å². The van der Waals surface area contributed by atoms with E-state index in [0.29, 0.717) is 38.9 Å². The Kier molecular flexibility index (Phi) is 10.3. The fourth-order valence-electron chi connectivity index (χ4n) is 3.09. The molecule has 0 fully saturated rings. The van der Waals surface area contributed by atoms with Crippen LogP contribution in [-0.4, -0.2) is 62.0 Å². The van der Waals surface area contributed by atoms with E-state index in [1.165, 1.54) is 0 Å². The molecule has 2 unspecified atom stereocenters. The van der Waals surface area contributed by atoms with Gasteiger partial charge in [-0.25, -0.2) is 0 Å². The van der Waals surface area contributed by atoms with E-state index in [4.69, 9.17) is 28.5 Å². The molecule has 1 aliphatic heterocycles. The first-order valence-corrected chi connectivity index (χ1v) is 11.5. The maximum atomic E-state index is 10.1. The summed E-state index contributed by atoms with van der Waals surface area (Å²) in [6, 6.07) is 17.7. The maximum Gasteiger partial charge on any atom is 0.271 e. The summed E-state index contributed by atoms with van der Waals surface area (Å²) in [5.41, 5.74) is 2.95. The van der Waals surface area contributed by atoms with E-state index in [9.17, 15) is 5.11 Å². The molecule has 1 aliphatic rings. The lowest BCUT2D eigenvalue weighted by Gasteiger charge is -2.17. The van der Waals surface area contributed by atoms with Crippen LogP contribution in [0.4, 0.5) is 0 Å². The number of benzene rings is 2. The molecule has 0 amide bonds. The van der Waals surface area contributed by atoms with Gasteiger partial charge in [-0.1, -0.05) is 42.5 Å². The molecule has 8 heteroatoms. The third-order valence-corrected chi connectivity index (χ3v) is 4.88. The molecule has 34 heavy (non-hydrogen) atoms. The molecule has 0 aliphatic carbocycles. The lowest BCUT2D eigenvalue weighted by molar-refractivity contribution is -0.128. The van der Waals surface area contributed by atoms with Gasteiger partial charge in [0.1, 0.15) is 6.10 Å². The van der Waals surface area contributed by atoms with E-state index in [1.807, 2.05) is 61.5 Å². The third-order valence-electron chi connectivity index (χ3n) is 4.88. The lowest BCUT2D eigenvalue weighted by Crippen LogP contribution is -2.27. The zero-order valence-corrected chi connectivity index (χ0v) is 20.1. The Balaban J connectivity index is 1.20. The van der Waals surface area contributed by atoms with Crippen molar-refractivity contribution in [2.75, 3.05) is 33.0 Å². The largest absolute Gasteiger partial charge is 0.431 e. The third kappa shape index (κ3) is 9.40. The first kappa shape index (κ1) is 26.1. The molecule has 0 spiro atoms. The van der Waals surface area contributed by atoms with Crippen molar-refractivity contribution in [2.24, 2.45) is 5.16 Å². The number of aliphatic hydroxyl groups excluding tert-OH is 1. The number of hydrogen-bond acceptors (Lipinski definition) is 8. The molecule has 1 N–H and O–H groups in total. The lowest BCUT2D eigenvalue weighted by atomic mass is 10.1. The first-order valence-electron chi connectivity index (χ1n) is 11.5. The second-order valence-electron chi connectivity index (χ2n) is 8.61. The smallest absolute Gasteiger partial charge is 0.271 e. The quantitative estimate of drug-likeness (QED) is 0.395. The van der Waals surface area contributed by atoms with E-state index in [1.54, 1.807) is 13.8 Å². The van der Waals surface area contributed by atoms with Gasteiger partial charge in [0.15, 0.2) is 0 Å². The minimum atomic E-state index is -0.740. The number of rotatable bonds is 15. The molecule has 8 nitrogen and oxygen atoms in total. The van der Waals surface area contributed by atoms with Gasteiger partial charge in [0.2, 0.25) is 0 Å². The van der Waals surface area contributed by atoms with Crippen molar-refractivity contribution in [2.45, 2.75) is 52.0 Å². The fraction of sp³-hybridized carbons (Fsp3) is 0.500. The van der Waals surface area contributed by atoms with Crippen LogP contribution in [0.2, 0.25) is 0 Å². The summed E-state index contributed by atoms with van der Waals surface area (Å²) in [5.74, 6) is -0.279. The monoisotopic (exact) mass is 473 g/mol. The van der Waals surface area contributed by atoms with E-state index in [2.05, 4.69) is 5.16 Å². The van der Waals surface area contributed by atoms with Gasteiger partial charge in [0.25, 0.3) is 11.7 Å². The molecule has 0 saturated heterocycles. The highest BCUT2D eigenvalue weighted by atomic mass is 16.8. The van der Waals surface area contributed by atoms with Crippen LogP contribution >= 0.6 is 0 Å². The van der Waals surface area contributed by atoms with Gasteiger partial charge < -0.3 is 33.6 Å². The van der Waals surface area contributed by atoms with Gasteiger partial charge in [-0.15, -0.1) is 0 Å². The van der Waals surface area contributed by atoms with E-state index >= 15 is 0 Å². The van der Waals surface area contributed by atoms with E-state index in [-0.39, 0.29) is 19.3 Å². The van der Waals surface area contributed by atoms with Gasteiger partial charge in [-0.05, 0) is 35.3 Å². The minimum Gasteiger partial charge on any atom is -0.431 e. The zero-order chi connectivity index (χ0) is 24.2. The van der Waals surface area contributed by atoms with Crippen molar-refractivity contribution in [3.05, 3.63) is 71.3 Å². The van der Waals surface area contributed by atoms with Crippen molar-refractivity contribution in [1.82, 2.24) is 0 Å². The summed E-state index contributed by atoms with van der Waals surface area (Å²) in [7, 11) is 0. The predicted octanol–water partition coefficient (Wildman–Crippen LogP) is 3.65. The molecule has 2 aromatic rings. The molecule has 0 saturated carbocycles. The molecule has 1 heterocycles. The van der Waals surface area contributed by atoms with Crippen LogP contribution in [0.15, 0.2) is 59.8 Å². The Morgan fingerprint density at radius 2 is 1.53 bits per heavy atom. The second-order valence-corrected chi connectivity index (χ2v) is 8.61. The van der Waals surface area contributed by atoms with Crippen molar-refractivity contribution in [3.8, 4) is 0 Å². The molecule has 0 radical (unpaired) electrons. The Morgan fingerprint density at radius 1 is 0.853 bits per heavy atom. The topological polar surface area (TPSA) is 88.0 Å². The SMILES string of the molecule is CC(COCCOCc1ccccc1)OCC(O)COCc1ccc(C2=NOC(C)(C)O2)cc1. The molecule has 186 valence electrons. The minimum absolute atomic E-state index is 0.133. The second kappa shape index (κ2) is 13.4. The number of oxime groups is 1. The summed E-state index contributed by atoms with van der Waals surface area (Å²) < 4.78 is 28.0. The number of ether oxygens (including phenoxy) is 5. The van der Waals surface area contributed by atoms with Crippen LogP contribution in [0, 0.1) is 0 Å².